The van der Waals surface area contributed by atoms with Gasteiger partial charge in [0, 0.05) is 17.1 Å². The minimum Gasteiger partial charge on any atom is -0.477 e. The van der Waals surface area contributed by atoms with Crippen molar-refractivity contribution in [1.82, 2.24) is 5.32 Å². The number of carboxylic acid groups (broad SMARTS) is 1. The van der Waals surface area contributed by atoms with Gasteiger partial charge in [-0.1, -0.05) is 15.9 Å². The fraction of sp³-hybridized carbons (Fsp3) is 0.167. The summed E-state index contributed by atoms with van der Waals surface area (Å²) in [5, 5.41) is 11.1. The first kappa shape index (κ1) is 7.34. The van der Waals surface area contributed by atoms with E-state index < -0.39 is 5.97 Å². The van der Waals surface area contributed by atoms with E-state index in [-0.39, 0.29) is 5.70 Å². The van der Waals surface area contributed by atoms with E-state index >= 15 is 0 Å². The first-order valence-corrected chi connectivity index (χ1v) is 3.54. The second kappa shape index (κ2) is 2.88. The summed E-state index contributed by atoms with van der Waals surface area (Å²) in [6, 6.07) is 0. The Morgan fingerprint density at radius 2 is 2.50 bits per heavy atom. The zero-order valence-electron chi connectivity index (χ0n) is 5.10. The highest BCUT2D eigenvalue weighted by Crippen LogP contribution is 2.14. The molecule has 1 aliphatic heterocycles. The first-order chi connectivity index (χ1) is 4.70. The number of hydrogen-bond donors (Lipinski definition) is 2. The van der Waals surface area contributed by atoms with Crippen molar-refractivity contribution in [2.45, 2.75) is 6.42 Å². The predicted octanol–water partition coefficient (Wildman–Crippen LogP) is 1.18. The first-order valence-electron chi connectivity index (χ1n) is 2.74. The molecule has 0 fully saturated rings. The highest BCUT2D eigenvalue weighted by Gasteiger charge is 2.08. The third-order valence-electron chi connectivity index (χ3n) is 1.12. The number of rotatable bonds is 1. The van der Waals surface area contributed by atoms with Crippen LogP contribution in [0, 0.1) is 0 Å². The molecule has 0 atom stereocenters. The van der Waals surface area contributed by atoms with E-state index in [0.717, 1.165) is 4.48 Å². The molecule has 0 saturated carbocycles. The summed E-state index contributed by atoms with van der Waals surface area (Å²) in [4.78, 5) is 10.3. The Hall–Kier alpha value is -0.770. The van der Waals surface area contributed by atoms with Crippen molar-refractivity contribution in [3.63, 3.8) is 0 Å². The van der Waals surface area contributed by atoms with Gasteiger partial charge in [0.05, 0.1) is 0 Å². The number of carbonyl (C=O) groups is 1. The topological polar surface area (TPSA) is 49.3 Å². The molecule has 54 valence electrons. The summed E-state index contributed by atoms with van der Waals surface area (Å²) in [7, 11) is 0. The number of dihydropyridines is 1. The predicted molar refractivity (Wildman–Crippen MR) is 40.5 cm³/mol. The van der Waals surface area contributed by atoms with Gasteiger partial charge in [-0.25, -0.2) is 4.79 Å². The molecule has 0 aromatic heterocycles. The molecule has 0 spiro atoms. The van der Waals surface area contributed by atoms with Crippen molar-refractivity contribution < 1.29 is 9.90 Å². The maximum absolute atomic E-state index is 10.3. The Kier molecular flexibility index (Phi) is 2.11. The second-order valence-corrected chi connectivity index (χ2v) is 2.88. The summed E-state index contributed by atoms with van der Waals surface area (Å²) < 4.78 is 0.956. The Labute approximate surface area is 66.6 Å². The molecule has 0 aliphatic carbocycles. The molecule has 10 heavy (non-hydrogen) atoms. The summed E-state index contributed by atoms with van der Waals surface area (Å²) in [6.45, 7) is 0. The van der Waals surface area contributed by atoms with E-state index in [2.05, 4.69) is 21.2 Å². The summed E-state index contributed by atoms with van der Waals surface area (Å²) in [6.07, 6.45) is 3.89. The molecule has 0 aromatic carbocycles. The van der Waals surface area contributed by atoms with Crippen molar-refractivity contribution >= 4 is 21.9 Å². The van der Waals surface area contributed by atoms with Gasteiger partial charge in [0.25, 0.3) is 0 Å². The van der Waals surface area contributed by atoms with E-state index in [4.69, 9.17) is 5.11 Å². The van der Waals surface area contributed by atoms with Crippen LogP contribution < -0.4 is 5.32 Å². The maximum atomic E-state index is 10.3. The zero-order valence-corrected chi connectivity index (χ0v) is 6.68. The lowest BCUT2D eigenvalue weighted by Crippen LogP contribution is -2.17. The number of carboxylic acids is 1. The van der Waals surface area contributed by atoms with Crippen LogP contribution in [-0.4, -0.2) is 11.1 Å². The molecule has 0 saturated heterocycles. The Bertz CT molecular complexity index is 220. The molecule has 0 aromatic rings. The monoisotopic (exact) mass is 203 g/mol. The highest BCUT2D eigenvalue weighted by molar-refractivity contribution is 9.11. The number of aliphatic carboxylic acids is 1. The molecule has 1 aliphatic rings. The molecular weight excluding hydrogens is 198 g/mol. The van der Waals surface area contributed by atoms with Gasteiger partial charge in [-0.3, -0.25) is 0 Å². The largest absolute Gasteiger partial charge is 0.477 e. The maximum Gasteiger partial charge on any atom is 0.351 e. The molecule has 0 amide bonds. The average Bonchev–Trinajstić information content (AvgIpc) is 1.88. The van der Waals surface area contributed by atoms with Crippen LogP contribution in [0.2, 0.25) is 0 Å². The van der Waals surface area contributed by atoms with E-state index in [1.807, 2.05) is 0 Å². The van der Waals surface area contributed by atoms with Gasteiger partial charge in [0.2, 0.25) is 0 Å². The second-order valence-electron chi connectivity index (χ2n) is 1.86. The Morgan fingerprint density at radius 3 is 2.90 bits per heavy atom. The summed E-state index contributed by atoms with van der Waals surface area (Å²) in [5.74, 6) is -0.920. The van der Waals surface area contributed by atoms with Gasteiger partial charge in [-0.05, 0) is 6.08 Å². The lowest BCUT2D eigenvalue weighted by molar-refractivity contribution is -0.133. The molecule has 1 heterocycles. The van der Waals surface area contributed by atoms with Crippen LogP contribution >= 0.6 is 15.9 Å². The molecule has 1 rings (SSSR count). The van der Waals surface area contributed by atoms with Crippen LogP contribution in [-0.2, 0) is 4.79 Å². The highest BCUT2D eigenvalue weighted by atomic mass is 79.9. The molecule has 0 unspecified atom stereocenters. The molecule has 3 nitrogen and oxygen atoms in total. The van der Waals surface area contributed by atoms with Crippen LogP contribution in [0.1, 0.15) is 6.42 Å². The quantitative estimate of drug-likeness (QED) is 0.674. The summed E-state index contributed by atoms with van der Waals surface area (Å²) >= 11 is 3.23. The molecule has 4 heteroatoms. The number of allylic oxidation sites excluding steroid dienone is 2. The lowest BCUT2D eigenvalue weighted by Gasteiger charge is -2.07. The third kappa shape index (κ3) is 1.60. The Morgan fingerprint density at radius 1 is 1.80 bits per heavy atom. The van der Waals surface area contributed by atoms with E-state index in [1.54, 1.807) is 12.3 Å². The van der Waals surface area contributed by atoms with Crippen LogP contribution in [0.3, 0.4) is 0 Å². The normalized spacial score (nSPS) is 16.9. The fourth-order valence-electron chi connectivity index (χ4n) is 0.623. The van der Waals surface area contributed by atoms with Gasteiger partial charge < -0.3 is 10.4 Å². The van der Waals surface area contributed by atoms with Crippen LogP contribution in [0.5, 0.6) is 0 Å². The van der Waals surface area contributed by atoms with Gasteiger partial charge in [-0.15, -0.1) is 0 Å². The van der Waals surface area contributed by atoms with Gasteiger partial charge >= 0.3 is 5.97 Å². The lowest BCUT2D eigenvalue weighted by atomic mass is 10.2. The zero-order chi connectivity index (χ0) is 7.56. The van der Waals surface area contributed by atoms with Gasteiger partial charge in [0.1, 0.15) is 5.70 Å². The van der Waals surface area contributed by atoms with Crippen LogP contribution in [0.25, 0.3) is 0 Å². The number of hydrogen-bond acceptors (Lipinski definition) is 2. The summed E-state index contributed by atoms with van der Waals surface area (Å²) in [5.41, 5.74) is 0.239. The standard InChI is InChI=1S/C6H6BrNO2/c7-4-1-2-5(6(9)10)8-3-4/h2-3,8H,1H2,(H,9,10). The molecule has 0 radical (unpaired) electrons. The SMILES string of the molecule is O=C(O)C1=CCC(Br)=CN1. The van der Waals surface area contributed by atoms with Crippen molar-refractivity contribution in [2.24, 2.45) is 0 Å². The average molecular weight is 204 g/mol. The molecule has 2 N–H and O–H groups in total. The minimum absolute atomic E-state index is 0.239. The third-order valence-corrected chi connectivity index (χ3v) is 1.67. The molecular formula is C6H6BrNO2. The van der Waals surface area contributed by atoms with Gasteiger partial charge in [-0.2, -0.15) is 0 Å². The van der Waals surface area contributed by atoms with Crippen molar-refractivity contribution in [3.8, 4) is 0 Å². The molecule has 0 bridgehead atoms. The number of halogens is 1. The van der Waals surface area contributed by atoms with E-state index in [0.29, 0.717) is 6.42 Å². The van der Waals surface area contributed by atoms with Crippen molar-refractivity contribution in [1.29, 1.82) is 0 Å². The minimum atomic E-state index is -0.920. The Balaban J connectivity index is 2.62. The van der Waals surface area contributed by atoms with Crippen LogP contribution in [0.4, 0.5) is 0 Å². The van der Waals surface area contributed by atoms with Crippen LogP contribution in [0.15, 0.2) is 22.5 Å². The van der Waals surface area contributed by atoms with E-state index in [9.17, 15) is 4.79 Å². The van der Waals surface area contributed by atoms with Crippen molar-refractivity contribution in [3.05, 3.63) is 22.5 Å². The number of nitrogens with one attached hydrogen (secondary N) is 1. The van der Waals surface area contributed by atoms with E-state index in [1.165, 1.54) is 0 Å². The fourth-order valence-corrected chi connectivity index (χ4v) is 0.899. The smallest absolute Gasteiger partial charge is 0.351 e. The van der Waals surface area contributed by atoms with Crippen molar-refractivity contribution in [2.75, 3.05) is 0 Å². The van der Waals surface area contributed by atoms with Gasteiger partial charge in [0.15, 0.2) is 0 Å².